The number of thiol groups is 1. The van der Waals surface area contributed by atoms with E-state index >= 15 is 0 Å². The maximum atomic E-state index is 12.4. The number of hydrogen-bond donors (Lipinski definition) is 12. The number of rotatable bonds is 27. The number of ether oxygens (including phenoxy) is 4. The fourth-order valence-electron chi connectivity index (χ4n) is 12.5. The zero-order valence-corrected chi connectivity index (χ0v) is 91.1. The molecule has 44 heteroatoms. The van der Waals surface area contributed by atoms with Gasteiger partial charge < -0.3 is 43.5 Å². The second kappa shape index (κ2) is 70.4. The molecule has 12 rings (SSSR count). The van der Waals surface area contributed by atoms with Crippen LogP contribution in [-0.2, 0) is 58.8 Å². The Kier molecular flexibility index (Phi) is 59.1. The Morgan fingerprint density at radius 1 is 0.420 bits per heavy atom. The van der Waals surface area contributed by atoms with E-state index in [1.807, 2.05) is 102 Å². The molecular weight excluding hydrogens is 2110 g/mol. The molecule has 0 atom stereocenters. The summed E-state index contributed by atoms with van der Waals surface area (Å²) >= 11 is 38.3. The molecule has 1 saturated carbocycles. The molecule has 1 aliphatic heterocycles. The summed E-state index contributed by atoms with van der Waals surface area (Å²) in [5.74, 6) is -5.08. The van der Waals surface area contributed by atoms with Crippen molar-refractivity contribution in [2.24, 2.45) is 0 Å². The smallest absolute Gasteiger partial charge is 0.364 e. The quantitative estimate of drug-likeness (QED) is 0.00568. The van der Waals surface area contributed by atoms with Crippen LogP contribution in [0.15, 0.2) is 314 Å². The lowest BCUT2D eigenvalue weighted by molar-refractivity contribution is -0.140. The lowest BCUT2D eigenvalue weighted by atomic mass is 9.98. The fourth-order valence-corrected chi connectivity index (χ4v) is 17.5. The highest BCUT2D eigenvalue weighted by Crippen LogP contribution is 2.30. The molecular formula is C106H116N12O22S9Si. The minimum Gasteiger partial charge on any atom is -0.471 e. The van der Waals surface area contributed by atoms with Crippen molar-refractivity contribution in [3.8, 4) is 0 Å². The van der Waals surface area contributed by atoms with Gasteiger partial charge in [-0.05, 0) is 252 Å². The molecule has 0 bridgehead atoms. The maximum Gasteiger partial charge on any atom is 0.364 e. The minimum atomic E-state index is -4.09. The molecule has 11 N–H and O–H groups in total. The van der Waals surface area contributed by atoms with Crippen LogP contribution < -0.4 is 53.2 Å². The number of thiocarbonyl (C=S) groups is 7. The van der Waals surface area contributed by atoms with E-state index in [4.69, 9.17) is 113 Å². The normalized spacial score (nSPS) is 11.4. The van der Waals surface area contributed by atoms with Gasteiger partial charge in [-0.3, -0.25) is 100 Å². The van der Waals surface area contributed by atoms with E-state index in [2.05, 4.69) is 74.0 Å². The topological polar surface area (TPSA) is 458 Å². The van der Waals surface area contributed by atoms with Gasteiger partial charge in [-0.25, -0.2) is 18.1 Å². The van der Waals surface area contributed by atoms with Gasteiger partial charge in [-0.2, -0.15) is 4.31 Å². The first kappa shape index (κ1) is 126. The summed E-state index contributed by atoms with van der Waals surface area (Å²) in [5, 5.41) is 34.4. The van der Waals surface area contributed by atoms with Crippen molar-refractivity contribution in [3.63, 3.8) is 0 Å². The summed E-state index contributed by atoms with van der Waals surface area (Å²) in [5.41, 5.74) is 5.38. The van der Waals surface area contributed by atoms with Crippen LogP contribution in [0.1, 0.15) is 191 Å². The summed E-state index contributed by atoms with van der Waals surface area (Å²) in [6.07, 6.45) is 11.0. The van der Waals surface area contributed by atoms with E-state index in [9.17, 15) is 75.9 Å². The van der Waals surface area contributed by atoms with Crippen LogP contribution in [0.4, 0.5) is 4.79 Å². The molecule has 790 valence electrons. The number of benzene rings is 10. The van der Waals surface area contributed by atoms with Crippen LogP contribution in [0.3, 0.4) is 0 Å². The van der Waals surface area contributed by atoms with Gasteiger partial charge in [-0.15, -0.1) is 0 Å². The molecule has 0 saturated heterocycles. The van der Waals surface area contributed by atoms with Crippen molar-refractivity contribution in [3.05, 3.63) is 365 Å². The number of imide groups is 2. The molecule has 10 aromatic carbocycles. The van der Waals surface area contributed by atoms with E-state index in [0.29, 0.717) is 85.2 Å². The first-order valence-corrected chi connectivity index (χ1v) is 53.2. The number of aliphatic hydroxyl groups excluding tert-OH is 1. The zero-order chi connectivity index (χ0) is 110. The number of unbranched alkanes of at least 4 members (excludes halogenated alkanes) is 3. The molecule has 0 unspecified atom stereocenters. The average molecular weight is 2230 g/mol. The van der Waals surface area contributed by atoms with Crippen LogP contribution in [0.25, 0.3) is 0 Å². The average Bonchev–Trinajstić information content (AvgIpc) is 1.59. The van der Waals surface area contributed by atoms with E-state index < -0.39 is 70.3 Å². The van der Waals surface area contributed by atoms with Gasteiger partial charge in [0.25, 0.3) is 84.0 Å². The Morgan fingerprint density at radius 2 is 0.760 bits per heavy atom. The van der Waals surface area contributed by atoms with Gasteiger partial charge in [0.1, 0.15) is 24.2 Å². The van der Waals surface area contributed by atoms with E-state index in [-0.39, 0.29) is 91.3 Å². The minimum absolute atomic E-state index is 0.0313. The first-order chi connectivity index (χ1) is 71.9. The number of sulfonamides is 1. The van der Waals surface area contributed by atoms with E-state index in [0.717, 1.165) is 42.6 Å². The predicted octanol–water partition coefficient (Wildman–Crippen LogP) is 15.7. The monoisotopic (exact) mass is 2220 g/mol. The van der Waals surface area contributed by atoms with Crippen LogP contribution in [0, 0.1) is 0 Å². The van der Waals surface area contributed by atoms with Gasteiger partial charge >= 0.3 is 14.5 Å². The molecule has 10 aromatic rings. The summed E-state index contributed by atoms with van der Waals surface area (Å²) < 4.78 is 56.6. The number of aliphatic hydroxyl groups is 1. The second-order valence-corrected chi connectivity index (χ2v) is 39.7. The SMILES string of the molecule is C=C(C)C(=O)OCCOC(=S)NC(=O)c1ccccc1.CC(=O)N(C(C)=O)C(=S)NC(=O)c1ccccc1.CCCCCCOC(=S)NC(=O)c1ccccc1.CO[Si](CO)(CCCNC(=S)NC(=O)c1ccccc1)OC.O=C(NC(=S)N1C(=O)c2ccccc2S1(=O)=O)c1ccccc1.O=C(NC(=S)NCc1ccccc1)c1ccccc1.O=C(NC(=S)OC1CCCCC1)c1ccccc1.O=C(S)NC(=O)c1ccccc1. The molecule has 0 spiro atoms. The molecule has 150 heavy (non-hydrogen) atoms. The van der Waals surface area contributed by atoms with Crippen LogP contribution in [0.5, 0.6) is 0 Å². The van der Waals surface area contributed by atoms with E-state index in [1.54, 1.807) is 203 Å². The number of fused-ring (bicyclic) bond motifs is 1. The van der Waals surface area contributed by atoms with Crippen molar-refractivity contribution < 1.29 is 104 Å². The highest BCUT2D eigenvalue weighted by molar-refractivity contribution is 7.96. The summed E-state index contributed by atoms with van der Waals surface area (Å²) in [6.45, 7) is 11.4. The largest absolute Gasteiger partial charge is 0.471 e. The lowest BCUT2D eigenvalue weighted by Gasteiger charge is -2.25. The number of esters is 1. The molecule has 1 fully saturated rings. The summed E-state index contributed by atoms with van der Waals surface area (Å²) in [6, 6.07) is 85.7. The molecule has 34 nitrogen and oxygen atoms in total. The van der Waals surface area contributed by atoms with E-state index in [1.165, 1.54) is 64.2 Å². The molecule has 0 radical (unpaired) electrons. The van der Waals surface area contributed by atoms with Crippen LogP contribution in [-0.4, -0.2) is 196 Å². The number of carbonyl (C=O) groups is 13. The van der Waals surface area contributed by atoms with Gasteiger partial charge in [0.05, 0.1) is 18.4 Å². The predicted molar refractivity (Wildman–Crippen MR) is 604 cm³/mol. The first-order valence-electron chi connectivity index (χ1n) is 46.3. The summed E-state index contributed by atoms with van der Waals surface area (Å²) in [4.78, 5) is 151. The number of carbonyl (C=O) groups excluding carboxylic acids is 13. The third kappa shape index (κ3) is 48.2. The van der Waals surface area contributed by atoms with Gasteiger partial charge in [-0.1, -0.05) is 240 Å². The van der Waals surface area contributed by atoms with Gasteiger partial charge in [0.2, 0.25) is 11.8 Å². The van der Waals surface area contributed by atoms with Gasteiger partial charge in [0, 0.05) is 91.2 Å². The second-order valence-electron chi connectivity index (χ2n) is 31.3. The fraction of sp³-hybridized carbons (Fsp3) is 0.226. The Balaban J connectivity index is 0.000000303. The number of nitrogens with one attached hydrogen (secondary N) is 10. The van der Waals surface area contributed by atoms with Crippen molar-refractivity contribution in [2.75, 3.05) is 46.8 Å². The Hall–Kier alpha value is -14.5. The Labute approximate surface area is 915 Å². The highest BCUT2D eigenvalue weighted by atomic mass is 32.2. The lowest BCUT2D eigenvalue weighted by Crippen LogP contribution is -2.47. The molecule has 0 aromatic heterocycles. The maximum absolute atomic E-state index is 12.4. The van der Waals surface area contributed by atoms with Crippen molar-refractivity contribution in [1.29, 1.82) is 0 Å². The Morgan fingerprint density at radius 3 is 1.13 bits per heavy atom. The van der Waals surface area contributed by atoms with Crippen molar-refractivity contribution in [2.45, 2.75) is 115 Å². The van der Waals surface area contributed by atoms with Crippen molar-refractivity contribution in [1.82, 2.24) is 62.4 Å². The van der Waals surface area contributed by atoms with Crippen LogP contribution in [0.2, 0.25) is 6.04 Å². The molecule has 12 amide bonds. The highest BCUT2D eigenvalue weighted by Gasteiger charge is 2.44. The Bertz CT molecular complexity index is 6290. The zero-order valence-electron chi connectivity index (χ0n) is 82.7. The molecule has 1 aliphatic carbocycles. The standard InChI is InChI=1S/C15H10N2O4S2.C15H14N2OS.C14H22N2O4SSi.C14H15NO4S.C14H17NO2S.C14H19NO2S.C12H12N2O3S.C8H7NO2S/c18-13(10-6-2-1-3-7-10)16-15(22)17-14(19)11-8-4-5-9-12(11)23(17,20)21;18-14(13-9-5-2-6-10-13)17-15(19)16-11-12-7-3-1-4-8-12;1-19-22(11-17,20-2)10-6-9-15-14(21)16-13(18)12-7-4-3-5-8-12;1-10(2)13(17)18-8-9-19-14(20)15-12(16)11-6-4-3-5-7-11;16-13(11-7-3-1-4-8-11)15-14(18)17-12-9-5-2-6-10-12;1-2-3-4-8-11-17-14(18)15-13(16)12-9-6-5-7-10-12;1-8(15)14(9(2)16)12(18)13-11(17)10-6-4-3-5-7-10;10-7(9-8(11)12)6-4-2-1-3-5-6/h1-9H,(H,16,18,22);1-10H,11H2,(H2,16,17,18,19);3-5,7-8,17H,6,9-11H2,1-2H3,(H2,15,16,18,21);3-7H,1,8-9H2,2H3,(H,15,16,20);1,3-4,7-8,12H,2,5-6,9-10H2,(H,15,16,18);5-7,9-10H,2-4,8,11H2,1H3,(H,15,16,18);3-7H,1-2H3,(H,13,17,18);1-5H,(H2,9,10,11,12). The number of nitrogens with zero attached hydrogens (tertiary/aromatic N) is 2. The molecule has 2 aliphatic rings. The van der Waals surface area contributed by atoms with Crippen LogP contribution >= 0.6 is 98.2 Å². The third-order valence-electron chi connectivity index (χ3n) is 20.1. The summed E-state index contributed by atoms with van der Waals surface area (Å²) in [7, 11) is -3.49. The number of hydrogen-bond acceptors (Lipinski definition) is 29. The molecule has 1 heterocycles. The third-order valence-corrected chi connectivity index (χ3v) is 26.9. The van der Waals surface area contributed by atoms with Gasteiger partial charge in [0.15, 0.2) is 20.4 Å². The number of amides is 12. The van der Waals surface area contributed by atoms with Crippen molar-refractivity contribution >= 4 is 229 Å².